The maximum Gasteiger partial charge on any atom is 0.407 e. The molecule has 0 radical (unpaired) electrons. The van der Waals surface area contributed by atoms with Gasteiger partial charge in [0, 0.05) is 25.1 Å². The van der Waals surface area contributed by atoms with E-state index < -0.39 is 12.1 Å². The molecule has 0 saturated carbocycles. The number of aromatic carboxylic acids is 1. The molecule has 31 heavy (non-hydrogen) atoms. The molecule has 1 amide bonds. The first-order chi connectivity index (χ1) is 15.0. The maximum absolute atomic E-state index is 12.2. The summed E-state index contributed by atoms with van der Waals surface area (Å²) in [6.07, 6.45) is 2.81. The largest absolute Gasteiger partial charge is 0.477 e. The smallest absolute Gasteiger partial charge is 0.407 e. The Morgan fingerprint density at radius 3 is 2.35 bits per heavy atom. The molecule has 4 rings (SSSR count). The first kappa shape index (κ1) is 20.4. The molecule has 0 bridgehead atoms. The van der Waals surface area contributed by atoms with Crippen molar-refractivity contribution in [1.29, 1.82) is 0 Å². The monoisotopic (exact) mass is 417 g/mol. The molecule has 2 aromatic carbocycles. The van der Waals surface area contributed by atoms with Gasteiger partial charge in [0.1, 0.15) is 6.61 Å². The molecule has 1 aromatic heterocycles. The van der Waals surface area contributed by atoms with Crippen molar-refractivity contribution in [3.05, 3.63) is 82.7 Å². The Kier molecular flexibility index (Phi) is 5.58. The van der Waals surface area contributed by atoms with Crippen LogP contribution in [0.3, 0.4) is 0 Å². The van der Waals surface area contributed by atoms with E-state index in [1.807, 2.05) is 24.3 Å². The third kappa shape index (κ3) is 3.94. The van der Waals surface area contributed by atoms with Gasteiger partial charge >= 0.3 is 12.1 Å². The number of amides is 1. The van der Waals surface area contributed by atoms with Crippen molar-refractivity contribution < 1.29 is 19.4 Å². The summed E-state index contributed by atoms with van der Waals surface area (Å²) in [5.74, 6) is -1.04. The summed E-state index contributed by atoms with van der Waals surface area (Å²) in [6.45, 7) is 2.20. The van der Waals surface area contributed by atoms with Crippen molar-refractivity contribution in [1.82, 2.24) is 15.1 Å². The van der Waals surface area contributed by atoms with Crippen LogP contribution in [-0.2, 0) is 11.8 Å². The Hall–Kier alpha value is -3.87. The van der Waals surface area contributed by atoms with Gasteiger partial charge in [0.05, 0.1) is 5.69 Å². The Morgan fingerprint density at radius 2 is 1.74 bits per heavy atom. The SMILES string of the molecule is Cc1nn(C)c(C(=O)O)c1C=CCNC(=O)OCC1c2ccccc2-c2ccccc21. The van der Waals surface area contributed by atoms with Crippen molar-refractivity contribution in [3.63, 3.8) is 0 Å². The standard InChI is InChI=1S/C24H23N3O4/c1-15-16(22(23(28)29)27(2)26-15)12-7-13-25-24(30)31-14-21-19-10-5-3-8-17(19)18-9-4-6-11-20(18)21/h3-12,21H,13-14H2,1-2H3,(H,25,30)(H,28,29). The van der Waals surface area contributed by atoms with E-state index in [1.54, 1.807) is 26.1 Å². The fourth-order valence-electron chi connectivity index (χ4n) is 4.10. The molecule has 7 nitrogen and oxygen atoms in total. The van der Waals surface area contributed by atoms with E-state index in [0.29, 0.717) is 11.3 Å². The highest BCUT2D eigenvalue weighted by molar-refractivity contribution is 5.90. The summed E-state index contributed by atoms with van der Waals surface area (Å²) >= 11 is 0. The Balaban J connectivity index is 1.36. The minimum atomic E-state index is -1.05. The number of alkyl carbamates (subject to hydrolysis) is 1. The normalized spacial score (nSPS) is 12.6. The van der Waals surface area contributed by atoms with Crippen molar-refractivity contribution in [2.75, 3.05) is 13.2 Å². The summed E-state index contributed by atoms with van der Waals surface area (Å²) in [5, 5.41) is 16.1. The highest BCUT2D eigenvalue weighted by Crippen LogP contribution is 2.44. The van der Waals surface area contributed by atoms with Crippen LogP contribution in [0.1, 0.15) is 38.8 Å². The van der Waals surface area contributed by atoms with Gasteiger partial charge in [-0.15, -0.1) is 0 Å². The zero-order chi connectivity index (χ0) is 22.0. The zero-order valence-electron chi connectivity index (χ0n) is 17.3. The number of benzene rings is 2. The average molecular weight is 417 g/mol. The van der Waals surface area contributed by atoms with Gasteiger partial charge < -0.3 is 15.2 Å². The number of hydrogen-bond acceptors (Lipinski definition) is 4. The Labute approximate surface area is 180 Å². The lowest BCUT2D eigenvalue weighted by atomic mass is 9.98. The number of carboxylic acids is 1. The molecular weight excluding hydrogens is 394 g/mol. The van der Waals surface area contributed by atoms with Gasteiger partial charge in [0.2, 0.25) is 0 Å². The molecule has 1 aliphatic carbocycles. The van der Waals surface area contributed by atoms with Crippen LogP contribution >= 0.6 is 0 Å². The number of nitrogens with zero attached hydrogens (tertiary/aromatic N) is 2. The third-order valence-electron chi connectivity index (χ3n) is 5.46. The molecule has 7 heteroatoms. The molecule has 158 valence electrons. The van der Waals surface area contributed by atoms with E-state index in [4.69, 9.17) is 4.74 Å². The molecule has 1 aliphatic rings. The van der Waals surface area contributed by atoms with Crippen molar-refractivity contribution in [2.45, 2.75) is 12.8 Å². The van der Waals surface area contributed by atoms with E-state index in [2.05, 4.69) is 34.7 Å². The first-order valence-corrected chi connectivity index (χ1v) is 9.99. The van der Waals surface area contributed by atoms with E-state index in [9.17, 15) is 14.7 Å². The number of carbonyl (C=O) groups excluding carboxylic acids is 1. The molecule has 1 heterocycles. The summed E-state index contributed by atoms with van der Waals surface area (Å²) < 4.78 is 6.82. The lowest BCUT2D eigenvalue weighted by Crippen LogP contribution is -2.26. The summed E-state index contributed by atoms with van der Waals surface area (Å²) in [5.41, 5.74) is 5.90. The predicted octanol–water partition coefficient (Wildman–Crippen LogP) is 3.98. The fourth-order valence-corrected chi connectivity index (χ4v) is 4.10. The number of rotatable bonds is 6. The van der Waals surface area contributed by atoms with Crippen LogP contribution in [0.5, 0.6) is 0 Å². The molecular formula is C24H23N3O4. The van der Waals surface area contributed by atoms with Crippen molar-refractivity contribution >= 4 is 18.1 Å². The molecule has 0 aliphatic heterocycles. The highest BCUT2D eigenvalue weighted by atomic mass is 16.5. The number of nitrogens with one attached hydrogen (secondary N) is 1. The lowest BCUT2D eigenvalue weighted by molar-refractivity contribution is 0.0684. The molecule has 0 spiro atoms. The highest BCUT2D eigenvalue weighted by Gasteiger charge is 2.28. The number of aryl methyl sites for hydroxylation is 2. The van der Waals surface area contributed by atoms with Crippen LogP contribution < -0.4 is 5.32 Å². The lowest BCUT2D eigenvalue weighted by Gasteiger charge is -2.14. The number of hydrogen-bond donors (Lipinski definition) is 2. The van der Waals surface area contributed by atoms with Crippen LogP contribution in [0.25, 0.3) is 17.2 Å². The van der Waals surface area contributed by atoms with Gasteiger partial charge in [-0.1, -0.05) is 60.7 Å². The molecule has 2 N–H and O–H groups in total. The van der Waals surface area contributed by atoms with Gasteiger partial charge in [-0.25, -0.2) is 9.59 Å². The third-order valence-corrected chi connectivity index (χ3v) is 5.46. The number of carboxylic acid groups (broad SMARTS) is 1. The van der Waals surface area contributed by atoms with Gasteiger partial charge in [-0.2, -0.15) is 5.10 Å². The minimum absolute atomic E-state index is 0.00450. The van der Waals surface area contributed by atoms with E-state index in [0.717, 1.165) is 11.1 Å². The van der Waals surface area contributed by atoms with Crippen molar-refractivity contribution in [3.8, 4) is 11.1 Å². The predicted molar refractivity (Wildman–Crippen MR) is 117 cm³/mol. The second-order valence-corrected chi connectivity index (χ2v) is 7.39. The van der Waals surface area contributed by atoms with Gasteiger partial charge in [-0.05, 0) is 29.2 Å². The zero-order valence-corrected chi connectivity index (χ0v) is 17.3. The maximum atomic E-state index is 12.2. The van der Waals surface area contributed by atoms with E-state index in [1.165, 1.54) is 15.8 Å². The van der Waals surface area contributed by atoms with E-state index in [-0.39, 0.29) is 24.8 Å². The quantitative estimate of drug-likeness (QED) is 0.633. The summed E-state index contributed by atoms with van der Waals surface area (Å²) in [7, 11) is 1.59. The number of ether oxygens (including phenoxy) is 1. The topological polar surface area (TPSA) is 93.5 Å². The van der Waals surface area contributed by atoms with Gasteiger partial charge in [0.25, 0.3) is 0 Å². The van der Waals surface area contributed by atoms with Crippen LogP contribution in [0, 0.1) is 6.92 Å². The summed E-state index contributed by atoms with van der Waals surface area (Å²) in [6, 6.07) is 16.3. The van der Waals surface area contributed by atoms with Gasteiger partial charge in [-0.3, -0.25) is 4.68 Å². The Morgan fingerprint density at radius 1 is 1.13 bits per heavy atom. The second-order valence-electron chi connectivity index (χ2n) is 7.39. The van der Waals surface area contributed by atoms with Crippen LogP contribution in [0.4, 0.5) is 4.79 Å². The molecule has 0 atom stereocenters. The fraction of sp³-hybridized carbons (Fsp3) is 0.208. The molecule has 3 aromatic rings. The molecule has 0 unspecified atom stereocenters. The number of aromatic nitrogens is 2. The van der Waals surface area contributed by atoms with E-state index >= 15 is 0 Å². The minimum Gasteiger partial charge on any atom is -0.477 e. The Bertz CT molecular complexity index is 1130. The average Bonchev–Trinajstić information content (AvgIpc) is 3.23. The van der Waals surface area contributed by atoms with Crippen LogP contribution in [0.15, 0.2) is 54.6 Å². The second kappa shape index (κ2) is 8.47. The number of carbonyl (C=O) groups is 2. The van der Waals surface area contributed by atoms with Crippen LogP contribution in [-0.4, -0.2) is 40.1 Å². The molecule has 0 fully saturated rings. The van der Waals surface area contributed by atoms with Crippen LogP contribution in [0.2, 0.25) is 0 Å². The molecule has 0 saturated heterocycles. The summed E-state index contributed by atoms with van der Waals surface area (Å²) in [4.78, 5) is 23.6. The number of fused-ring (bicyclic) bond motifs is 3. The van der Waals surface area contributed by atoms with Gasteiger partial charge in [0.15, 0.2) is 5.69 Å². The first-order valence-electron chi connectivity index (χ1n) is 9.99. The van der Waals surface area contributed by atoms with Crippen molar-refractivity contribution in [2.24, 2.45) is 7.05 Å².